The molecule has 2 aromatic carbocycles. The molecule has 0 atom stereocenters. The second-order valence-electron chi connectivity index (χ2n) is 4.84. The lowest BCUT2D eigenvalue weighted by molar-refractivity contribution is -0.119. The van der Waals surface area contributed by atoms with Crippen LogP contribution < -0.4 is 4.90 Å². The van der Waals surface area contributed by atoms with Crippen molar-refractivity contribution in [3.8, 4) is 0 Å². The lowest BCUT2D eigenvalue weighted by atomic mass is 10.0. The number of benzene rings is 2. The fraction of sp³-hybridized carbons (Fsp3) is 0.188. The van der Waals surface area contributed by atoms with Gasteiger partial charge in [0.1, 0.15) is 0 Å². The summed E-state index contributed by atoms with van der Waals surface area (Å²) in [5, 5.41) is 0.699. The zero-order valence-corrected chi connectivity index (χ0v) is 13.1. The lowest BCUT2D eigenvalue weighted by Gasteiger charge is -2.30. The number of fused-ring (bicyclic) bond motifs is 1. The summed E-state index contributed by atoms with van der Waals surface area (Å²) in [6, 6.07) is 13.7. The maximum atomic E-state index is 12.2. The number of halogens is 2. The summed E-state index contributed by atoms with van der Waals surface area (Å²) < 4.78 is 1.04. The normalized spacial score (nSPS) is 14.3. The molecule has 1 aliphatic heterocycles. The highest BCUT2D eigenvalue weighted by atomic mass is 79.9. The number of carbonyl (C=O) groups is 1. The van der Waals surface area contributed by atoms with Crippen molar-refractivity contribution in [2.24, 2.45) is 0 Å². The summed E-state index contributed by atoms with van der Waals surface area (Å²) in [4.78, 5) is 14.1. The minimum absolute atomic E-state index is 0.153. The Bertz CT molecular complexity index is 671. The number of hydrogen-bond donors (Lipinski definition) is 0. The van der Waals surface area contributed by atoms with Crippen LogP contribution in [0.1, 0.15) is 17.5 Å². The molecule has 0 saturated carbocycles. The molecule has 0 saturated heterocycles. The van der Waals surface area contributed by atoms with Crippen molar-refractivity contribution in [1.82, 2.24) is 0 Å². The Hall–Kier alpha value is -1.32. The van der Waals surface area contributed by atoms with Crippen molar-refractivity contribution in [3.63, 3.8) is 0 Å². The van der Waals surface area contributed by atoms with Gasteiger partial charge in [-0.3, -0.25) is 4.79 Å². The fourth-order valence-electron chi connectivity index (χ4n) is 2.50. The van der Waals surface area contributed by atoms with Gasteiger partial charge in [0, 0.05) is 21.6 Å². The molecule has 2 aromatic rings. The van der Waals surface area contributed by atoms with Gasteiger partial charge in [-0.2, -0.15) is 0 Å². The van der Waals surface area contributed by atoms with Gasteiger partial charge in [-0.1, -0.05) is 45.7 Å². The van der Waals surface area contributed by atoms with Crippen LogP contribution in [0.4, 0.5) is 5.69 Å². The predicted octanol–water partition coefficient (Wildman–Crippen LogP) is 4.58. The first-order chi connectivity index (χ1) is 9.65. The van der Waals surface area contributed by atoms with Crippen molar-refractivity contribution in [3.05, 3.63) is 63.1 Å². The largest absolute Gasteiger partial charge is 0.308 e. The van der Waals surface area contributed by atoms with Gasteiger partial charge in [0.2, 0.25) is 5.91 Å². The lowest BCUT2D eigenvalue weighted by Crippen LogP contribution is -2.34. The molecular formula is C16H13BrClNO. The molecular weight excluding hydrogens is 338 g/mol. The van der Waals surface area contributed by atoms with E-state index in [2.05, 4.69) is 22.0 Å². The minimum atomic E-state index is 0.153. The number of anilines is 1. The third-order valence-corrected chi connectivity index (χ3v) is 4.39. The number of carbonyl (C=O) groups excluding carboxylic acids is 1. The number of rotatable bonds is 2. The van der Waals surface area contributed by atoms with E-state index >= 15 is 0 Å². The molecule has 0 bridgehead atoms. The zero-order valence-electron chi connectivity index (χ0n) is 10.8. The Balaban J connectivity index is 1.97. The molecule has 0 aromatic heterocycles. The molecule has 0 fully saturated rings. The van der Waals surface area contributed by atoms with Crippen LogP contribution >= 0.6 is 27.5 Å². The first-order valence-corrected chi connectivity index (χ1v) is 7.64. The van der Waals surface area contributed by atoms with E-state index in [1.54, 1.807) is 0 Å². The van der Waals surface area contributed by atoms with Crippen LogP contribution in [0.2, 0.25) is 5.02 Å². The molecule has 0 radical (unpaired) electrons. The SMILES string of the molecule is O=C1CCc2cc(Br)ccc2N1Cc1ccccc1Cl. The van der Waals surface area contributed by atoms with Crippen LogP contribution in [0.3, 0.4) is 0 Å². The molecule has 1 aliphatic rings. The van der Waals surface area contributed by atoms with Crippen molar-refractivity contribution in [1.29, 1.82) is 0 Å². The second-order valence-corrected chi connectivity index (χ2v) is 6.17. The summed E-state index contributed by atoms with van der Waals surface area (Å²) in [6.45, 7) is 0.521. The van der Waals surface area contributed by atoms with Crippen LogP contribution in [0, 0.1) is 0 Å². The molecule has 2 nitrogen and oxygen atoms in total. The minimum Gasteiger partial charge on any atom is -0.308 e. The Kier molecular flexibility index (Phi) is 3.81. The first-order valence-electron chi connectivity index (χ1n) is 6.47. The summed E-state index contributed by atoms with van der Waals surface area (Å²) in [5.74, 6) is 0.153. The molecule has 20 heavy (non-hydrogen) atoms. The summed E-state index contributed by atoms with van der Waals surface area (Å²) in [6.07, 6.45) is 1.35. The van der Waals surface area contributed by atoms with E-state index in [1.807, 2.05) is 41.3 Å². The molecule has 1 heterocycles. The van der Waals surface area contributed by atoms with E-state index in [0.717, 1.165) is 22.1 Å². The van der Waals surface area contributed by atoms with E-state index in [9.17, 15) is 4.79 Å². The van der Waals surface area contributed by atoms with Gasteiger partial charge in [0.15, 0.2) is 0 Å². The van der Waals surface area contributed by atoms with Gasteiger partial charge < -0.3 is 4.90 Å². The van der Waals surface area contributed by atoms with Crippen LogP contribution in [-0.4, -0.2) is 5.91 Å². The standard InChI is InChI=1S/C16H13BrClNO/c17-13-6-7-15-11(9-13)5-8-16(20)19(15)10-12-3-1-2-4-14(12)18/h1-4,6-7,9H,5,8,10H2. The van der Waals surface area contributed by atoms with Crippen molar-refractivity contribution in [2.45, 2.75) is 19.4 Å². The summed E-state index contributed by atoms with van der Waals surface area (Å²) in [7, 11) is 0. The highest BCUT2D eigenvalue weighted by Gasteiger charge is 2.24. The average molecular weight is 351 g/mol. The Morgan fingerprint density at radius 2 is 1.95 bits per heavy atom. The maximum absolute atomic E-state index is 12.2. The monoisotopic (exact) mass is 349 g/mol. The van der Waals surface area contributed by atoms with E-state index in [1.165, 1.54) is 5.56 Å². The highest BCUT2D eigenvalue weighted by molar-refractivity contribution is 9.10. The molecule has 0 spiro atoms. The topological polar surface area (TPSA) is 20.3 Å². The van der Waals surface area contributed by atoms with Gasteiger partial charge in [-0.05, 0) is 41.8 Å². The smallest absolute Gasteiger partial charge is 0.227 e. The van der Waals surface area contributed by atoms with Crippen LogP contribution in [0.15, 0.2) is 46.9 Å². The van der Waals surface area contributed by atoms with Crippen molar-refractivity contribution >= 4 is 39.1 Å². The van der Waals surface area contributed by atoms with Crippen LogP contribution in [0.25, 0.3) is 0 Å². The molecule has 102 valence electrons. The predicted molar refractivity (Wildman–Crippen MR) is 85.1 cm³/mol. The summed E-state index contributed by atoms with van der Waals surface area (Å²) >= 11 is 9.68. The van der Waals surface area contributed by atoms with Crippen molar-refractivity contribution < 1.29 is 4.79 Å². The number of aryl methyl sites for hydroxylation is 1. The molecule has 3 rings (SSSR count). The van der Waals surface area contributed by atoms with E-state index in [4.69, 9.17) is 11.6 Å². The maximum Gasteiger partial charge on any atom is 0.227 e. The van der Waals surface area contributed by atoms with E-state index in [-0.39, 0.29) is 5.91 Å². The van der Waals surface area contributed by atoms with Gasteiger partial charge in [0.05, 0.1) is 6.54 Å². The van der Waals surface area contributed by atoms with Gasteiger partial charge in [-0.15, -0.1) is 0 Å². The molecule has 0 unspecified atom stereocenters. The quantitative estimate of drug-likeness (QED) is 0.776. The number of amides is 1. The van der Waals surface area contributed by atoms with Gasteiger partial charge >= 0.3 is 0 Å². The number of nitrogens with zero attached hydrogens (tertiary/aromatic N) is 1. The van der Waals surface area contributed by atoms with Gasteiger partial charge in [-0.25, -0.2) is 0 Å². The Morgan fingerprint density at radius 1 is 1.15 bits per heavy atom. The third-order valence-electron chi connectivity index (χ3n) is 3.53. The molecule has 0 N–H and O–H groups in total. The average Bonchev–Trinajstić information content (AvgIpc) is 2.44. The number of hydrogen-bond acceptors (Lipinski definition) is 1. The van der Waals surface area contributed by atoms with E-state index in [0.29, 0.717) is 18.0 Å². The Morgan fingerprint density at radius 3 is 2.75 bits per heavy atom. The second kappa shape index (κ2) is 5.58. The van der Waals surface area contributed by atoms with Crippen molar-refractivity contribution in [2.75, 3.05) is 4.90 Å². The molecule has 0 aliphatic carbocycles. The summed E-state index contributed by atoms with van der Waals surface area (Å²) in [5.41, 5.74) is 3.16. The van der Waals surface area contributed by atoms with Gasteiger partial charge in [0.25, 0.3) is 0 Å². The highest BCUT2D eigenvalue weighted by Crippen LogP contribution is 2.32. The van der Waals surface area contributed by atoms with Crippen LogP contribution in [-0.2, 0) is 17.8 Å². The molecule has 1 amide bonds. The first kappa shape index (κ1) is 13.7. The van der Waals surface area contributed by atoms with E-state index < -0.39 is 0 Å². The zero-order chi connectivity index (χ0) is 14.1. The fourth-order valence-corrected chi connectivity index (χ4v) is 3.10. The van der Waals surface area contributed by atoms with Crippen LogP contribution in [0.5, 0.6) is 0 Å². The Labute approximate surface area is 131 Å². The molecule has 4 heteroatoms. The third kappa shape index (κ3) is 2.60.